The van der Waals surface area contributed by atoms with E-state index in [1.54, 1.807) is 32.4 Å². The van der Waals surface area contributed by atoms with E-state index in [1.807, 2.05) is 47.7 Å². The molecule has 2 heterocycles. The van der Waals surface area contributed by atoms with Crippen molar-refractivity contribution in [2.45, 2.75) is 17.3 Å². The normalized spacial score (nSPS) is 12.1. The minimum atomic E-state index is -0.380. The van der Waals surface area contributed by atoms with Gasteiger partial charge in [0.05, 0.1) is 25.0 Å². The lowest BCUT2D eigenvalue weighted by molar-refractivity contribution is -0.115. The Morgan fingerprint density at radius 3 is 2.62 bits per heavy atom. The quantitative estimate of drug-likeness (QED) is 0.486. The van der Waals surface area contributed by atoms with Gasteiger partial charge in [0, 0.05) is 11.8 Å². The minimum Gasteiger partial charge on any atom is -0.493 e. The Kier molecular flexibility index (Phi) is 5.26. The number of carbonyl (C=O) groups excluding carboxylic acids is 1. The first kappa shape index (κ1) is 19.1. The Balaban J connectivity index is 1.56. The number of aromatic nitrogens is 3. The number of carbonyl (C=O) groups is 1. The molecule has 0 spiro atoms. The summed E-state index contributed by atoms with van der Waals surface area (Å²) in [6.45, 7) is 1.84. The van der Waals surface area contributed by atoms with E-state index in [4.69, 9.17) is 9.47 Å². The molecule has 1 unspecified atom stereocenters. The minimum absolute atomic E-state index is 0.140. The van der Waals surface area contributed by atoms with Gasteiger partial charge in [0.15, 0.2) is 22.3 Å². The maximum Gasteiger partial charge on any atom is 0.237 e. The number of nitrogens with one attached hydrogen (secondary N) is 1. The van der Waals surface area contributed by atoms with Crippen LogP contribution in [0.3, 0.4) is 0 Å². The average molecular weight is 408 g/mol. The van der Waals surface area contributed by atoms with Crippen LogP contribution < -0.4 is 14.8 Å². The molecule has 0 fully saturated rings. The summed E-state index contributed by atoms with van der Waals surface area (Å²) in [7, 11) is 3.13. The van der Waals surface area contributed by atoms with Crippen molar-refractivity contribution in [3.8, 4) is 11.5 Å². The van der Waals surface area contributed by atoms with Gasteiger partial charge >= 0.3 is 0 Å². The molecule has 2 aromatic carbocycles. The summed E-state index contributed by atoms with van der Waals surface area (Å²) in [6, 6.07) is 17.2. The van der Waals surface area contributed by atoms with E-state index < -0.39 is 0 Å². The second-order valence-electron chi connectivity index (χ2n) is 6.39. The van der Waals surface area contributed by atoms with Crippen LogP contribution in [0.4, 0.5) is 5.69 Å². The molecule has 29 heavy (non-hydrogen) atoms. The monoisotopic (exact) mass is 408 g/mol. The standard InChI is InChI=1S/C21H20N4O3S/c1-13(20(26)22-15-9-10-17(27-2)18(12-15)28-3)29-21-24-23-19-11-8-14-6-4-5-7-16(14)25(19)21/h4-13H,1-3H3,(H,22,26). The van der Waals surface area contributed by atoms with Gasteiger partial charge in [-0.25, -0.2) is 0 Å². The summed E-state index contributed by atoms with van der Waals surface area (Å²) in [6.07, 6.45) is 0. The molecule has 4 aromatic rings. The number of benzene rings is 2. The molecule has 0 saturated carbocycles. The molecule has 148 valence electrons. The van der Waals surface area contributed by atoms with Crippen LogP contribution in [0.15, 0.2) is 59.8 Å². The summed E-state index contributed by atoms with van der Waals surface area (Å²) in [5, 5.41) is 12.8. The van der Waals surface area contributed by atoms with Crippen molar-refractivity contribution < 1.29 is 14.3 Å². The SMILES string of the molecule is COc1ccc(NC(=O)C(C)Sc2nnc3ccc4ccccc4n23)cc1OC. The molecule has 0 aliphatic rings. The summed E-state index contributed by atoms with van der Waals surface area (Å²) in [5.41, 5.74) is 2.39. The highest BCUT2D eigenvalue weighted by atomic mass is 32.2. The second kappa shape index (κ2) is 8.00. The predicted molar refractivity (Wildman–Crippen MR) is 114 cm³/mol. The van der Waals surface area contributed by atoms with E-state index in [1.165, 1.54) is 11.8 Å². The number of nitrogens with zero attached hydrogens (tertiary/aromatic N) is 3. The zero-order valence-electron chi connectivity index (χ0n) is 16.2. The smallest absolute Gasteiger partial charge is 0.237 e. The number of methoxy groups -OCH3 is 2. The van der Waals surface area contributed by atoms with Crippen LogP contribution in [0, 0.1) is 0 Å². The molecule has 2 aromatic heterocycles. The predicted octanol–water partition coefficient (Wildman–Crippen LogP) is 4.02. The number of pyridine rings is 1. The van der Waals surface area contributed by atoms with Crippen molar-refractivity contribution in [3.63, 3.8) is 0 Å². The van der Waals surface area contributed by atoms with Gasteiger partial charge in [0.25, 0.3) is 0 Å². The number of anilines is 1. The van der Waals surface area contributed by atoms with Crippen molar-refractivity contribution >= 4 is 39.9 Å². The van der Waals surface area contributed by atoms with Crippen LogP contribution in [0.25, 0.3) is 16.6 Å². The Morgan fingerprint density at radius 1 is 1.03 bits per heavy atom. The van der Waals surface area contributed by atoms with Gasteiger partial charge in [-0.3, -0.25) is 9.20 Å². The summed E-state index contributed by atoms with van der Waals surface area (Å²) in [4.78, 5) is 12.7. The maximum absolute atomic E-state index is 12.7. The van der Waals surface area contributed by atoms with Crippen LogP contribution in [0.5, 0.6) is 11.5 Å². The van der Waals surface area contributed by atoms with Crippen molar-refractivity contribution in [2.75, 3.05) is 19.5 Å². The van der Waals surface area contributed by atoms with E-state index in [-0.39, 0.29) is 11.2 Å². The second-order valence-corrected chi connectivity index (χ2v) is 7.70. The Bertz CT molecular complexity index is 1190. The fraction of sp³-hybridized carbons (Fsp3) is 0.190. The Hall–Kier alpha value is -3.26. The molecular formula is C21H20N4O3S. The maximum atomic E-state index is 12.7. The van der Waals surface area contributed by atoms with Gasteiger partial charge < -0.3 is 14.8 Å². The molecular weight excluding hydrogens is 388 g/mol. The van der Waals surface area contributed by atoms with Crippen LogP contribution >= 0.6 is 11.8 Å². The molecule has 1 atom stereocenters. The number of thioether (sulfide) groups is 1. The van der Waals surface area contributed by atoms with Gasteiger partial charge in [-0.2, -0.15) is 0 Å². The molecule has 0 aliphatic carbocycles. The number of amides is 1. The molecule has 1 N–H and O–H groups in total. The third-order valence-electron chi connectivity index (χ3n) is 4.55. The van der Waals surface area contributed by atoms with Crippen molar-refractivity contribution in [2.24, 2.45) is 0 Å². The van der Waals surface area contributed by atoms with E-state index in [2.05, 4.69) is 15.5 Å². The first-order chi connectivity index (χ1) is 14.1. The van der Waals surface area contributed by atoms with Crippen LogP contribution in [0.2, 0.25) is 0 Å². The number of fused-ring (bicyclic) bond motifs is 3. The number of ether oxygens (including phenoxy) is 2. The molecule has 7 nitrogen and oxygen atoms in total. The lowest BCUT2D eigenvalue weighted by Crippen LogP contribution is -2.22. The molecule has 0 aliphatic heterocycles. The fourth-order valence-electron chi connectivity index (χ4n) is 3.06. The highest BCUT2D eigenvalue weighted by Crippen LogP contribution is 2.31. The first-order valence-electron chi connectivity index (χ1n) is 9.03. The van der Waals surface area contributed by atoms with Gasteiger partial charge in [-0.05, 0) is 42.6 Å². The first-order valence-corrected chi connectivity index (χ1v) is 9.91. The lowest BCUT2D eigenvalue weighted by Gasteiger charge is -2.13. The zero-order valence-corrected chi connectivity index (χ0v) is 17.1. The molecule has 1 amide bonds. The highest BCUT2D eigenvalue weighted by Gasteiger charge is 2.19. The number of hydrogen-bond acceptors (Lipinski definition) is 6. The summed E-state index contributed by atoms with van der Waals surface area (Å²) in [5.74, 6) is 1.02. The number of hydrogen-bond donors (Lipinski definition) is 1. The number of rotatable bonds is 6. The van der Waals surface area contributed by atoms with Crippen LogP contribution in [-0.2, 0) is 4.79 Å². The lowest BCUT2D eigenvalue weighted by atomic mass is 10.2. The molecule has 4 rings (SSSR count). The van der Waals surface area contributed by atoms with Gasteiger partial charge in [-0.1, -0.05) is 30.0 Å². The van der Waals surface area contributed by atoms with Crippen molar-refractivity contribution in [1.82, 2.24) is 14.6 Å². The van der Waals surface area contributed by atoms with Crippen molar-refractivity contribution in [3.05, 3.63) is 54.6 Å². The molecule has 8 heteroatoms. The van der Waals surface area contributed by atoms with E-state index in [9.17, 15) is 4.79 Å². The van der Waals surface area contributed by atoms with E-state index in [0.717, 1.165) is 16.6 Å². The summed E-state index contributed by atoms with van der Waals surface area (Å²) < 4.78 is 12.5. The van der Waals surface area contributed by atoms with Crippen LogP contribution in [0.1, 0.15) is 6.92 Å². The highest BCUT2D eigenvalue weighted by molar-refractivity contribution is 8.00. The zero-order chi connectivity index (χ0) is 20.4. The summed E-state index contributed by atoms with van der Waals surface area (Å²) >= 11 is 1.36. The Morgan fingerprint density at radius 2 is 1.83 bits per heavy atom. The fourth-order valence-corrected chi connectivity index (χ4v) is 3.93. The van der Waals surface area contributed by atoms with E-state index in [0.29, 0.717) is 22.3 Å². The van der Waals surface area contributed by atoms with Crippen molar-refractivity contribution in [1.29, 1.82) is 0 Å². The average Bonchev–Trinajstić information content (AvgIpc) is 3.16. The van der Waals surface area contributed by atoms with E-state index >= 15 is 0 Å². The number of para-hydroxylation sites is 1. The van der Waals surface area contributed by atoms with Gasteiger partial charge in [0.1, 0.15) is 0 Å². The van der Waals surface area contributed by atoms with Gasteiger partial charge in [-0.15, -0.1) is 10.2 Å². The Labute approximate surface area is 172 Å². The third-order valence-corrected chi connectivity index (χ3v) is 5.59. The van der Waals surface area contributed by atoms with Gasteiger partial charge in [0.2, 0.25) is 5.91 Å². The third kappa shape index (κ3) is 3.71. The largest absolute Gasteiger partial charge is 0.493 e. The topological polar surface area (TPSA) is 77.8 Å². The molecule has 0 radical (unpaired) electrons. The molecule has 0 bridgehead atoms. The molecule has 0 saturated heterocycles. The van der Waals surface area contributed by atoms with Crippen LogP contribution in [-0.4, -0.2) is 40.0 Å².